The van der Waals surface area contributed by atoms with Crippen molar-refractivity contribution < 1.29 is 17.9 Å². The van der Waals surface area contributed by atoms with E-state index in [0.29, 0.717) is 5.69 Å². The van der Waals surface area contributed by atoms with Gasteiger partial charge in [0.2, 0.25) is 0 Å². The van der Waals surface area contributed by atoms with Gasteiger partial charge in [-0.15, -0.1) is 13.2 Å². The first-order chi connectivity index (χ1) is 9.48. The Morgan fingerprint density at radius 3 is 2.70 bits per heavy atom. The summed E-state index contributed by atoms with van der Waals surface area (Å²) in [5.74, 6) is -0.359. The molecule has 108 valence electrons. The van der Waals surface area contributed by atoms with E-state index in [0.717, 1.165) is 25.7 Å². The third kappa shape index (κ3) is 4.05. The van der Waals surface area contributed by atoms with E-state index < -0.39 is 6.36 Å². The van der Waals surface area contributed by atoms with Crippen molar-refractivity contribution in [3.05, 3.63) is 24.3 Å². The molecule has 0 amide bonds. The van der Waals surface area contributed by atoms with E-state index in [9.17, 15) is 13.2 Å². The smallest absolute Gasteiger partial charge is 0.406 e. The average molecular weight is 284 g/mol. The quantitative estimate of drug-likeness (QED) is 0.909. The minimum atomic E-state index is -4.70. The number of anilines is 1. The zero-order valence-corrected chi connectivity index (χ0v) is 10.8. The SMILES string of the molecule is N#CC1CCCCC1Nc1cccc(OC(F)(F)F)c1. The predicted molar refractivity (Wildman–Crippen MR) is 68.1 cm³/mol. The first kappa shape index (κ1) is 14.5. The van der Waals surface area contributed by atoms with Crippen molar-refractivity contribution in [3.63, 3.8) is 0 Å². The molecule has 0 spiro atoms. The van der Waals surface area contributed by atoms with Crippen LogP contribution in [0.15, 0.2) is 24.3 Å². The summed E-state index contributed by atoms with van der Waals surface area (Å²) in [6.07, 6.45) is -0.976. The van der Waals surface area contributed by atoms with Crippen LogP contribution in [0.2, 0.25) is 0 Å². The second-order valence-corrected chi connectivity index (χ2v) is 4.85. The topological polar surface area (TPSA) is 45.0 Å². The molecule has 0 radical (unpaired) electrons. The summed E-state index contributed by atoms with van der Waals surface area (Å²) < 4.78 is 40.4. The maximum atomic E-state index is 12.2. The van der Waals surface area contributed by atoms with Gasteiger partial charge >= 0.3 is 6.36 Å². The summed E-state index contributed by atoms with van der Waals surface area (Å²) in [6.45, 7) is 0. The molecule has 1 fully saturated rings. The highest BCUT2D eigenvalue weighted by Crippen LogP contribution is 2.29. The van der Waals surface area contributed by atoms with Crippen molar-refractivity contribution in [1.82, 2.24) is 0 Å². The first-order valence-corrected chi connectivity index (χ1v) is 6.50. The molecule has 1 aliphatic carbocycles. The van der Waals surface area contributed by atoms with Gasteiger partial charge in [0, 0.05) is 17.8 Å². The number of ether oxygens (including phenoxy) is 1. The van der Waals surface area contributed by atoms with Crippen molar-refractivity contribution in [2.75, 3.05) is 5.32 Å². The fourth-order valence-corrected chi connectivity index (χ4v) is 2.46. The summed E-state index contributed by atoms with van der Waals surface area (Å²) in [6, 6.07) is 7.95. The standard InChI is InChI=1S/C14H15F3N2O/c15-14(16,17)20-12-6-3-5-11(8-12)19-13-7-2-1-4-10(13)9-18/h3,5-6,8,10,13,19H,1-2,4,7H2. The fourth-order valence-electron chi connectivity index (χ4n) is 2.46. The van der Waals surface area contributed by atoms with Gasteiger partial charge in [-0.2, -0.15) is 5.26 Å². The molecule has 0 aromatic heterocycles. The molecule has 1 aromatic rings. The van der Waals surface area contributed by atoms with E-state index in [1.165, 1.54) is 18.2 Å². The molecule has 0 aliphatic heterocycles. The Kier molecular flexibility index (Phi) is 4.38. The van der Waals surface area contributed by atoms with Gasteiger partial charge in [0.05, 0.1) is 12.0 Å². The van der Waals surface area contributed by atoms with Crippen LogP contribution in [-0.2, 0) is 0 Å². The molecule has 20 heavy (non-hydrogen) atoms. The zero-order chi connectivity index (χ0) is 14.6. The first-order valence-electron chi connectivity index (χ1n) is 6.50. The summed E-state index contributed by atoms with van der Waals surface area (Å²) in [7, 11) is 0. The van der Waals surface area contributed by atoms with Crippen LogP contribution in [0.25, 0.3) is 0 Å². The number of hydrogen-bond acceptors (Lipinski definition) is 3. The molecule has 1 aliphatic rings. The fraction of sp³-hybridized carbons (Fsp3) is 0.500. The molecule has 6 heteroatoms. The maximum Gasteiger partial charge on any atom is 0.573 e. The third-order valence-electron chi connectivity index (χ3n) is 3.35. The molecule has 2 atom stereocenters. The number of nitriles is 1. The Morgan fingerprint density at radius 1 is 1.25 bits per heavy atom. The van der Waals surface area contributed by atoms with E-state index in [4.69, 9.17) is 5.26 Å². The molecule has 3 nitrogen and oxygen atoms in total. The highest BCUT2D eigenvalue weighted by molar-refractivity contribution is 5.49. The molecule has 2 rings (SSSR count). The summed E-state index contributed by atoms with van der Waals surface area (Å²) >= 11 is 0. The van der Waals surface area contributed by atoms with E-state index in [2.05, 4.69) is 16.1 Å². The van der Waals surface area contributed by atoms with E-state index >= 15 is 0 Å². The van der Waals surface area contributed by atoms with Crippen LogP contribution in [0.5, 0.6) is 5.75 Å². The Bertz CT molecular complexity index is 496. The molecule has 0 saturated heterocycles. The number of alkyl halides is 3. The van der Waals surface area contributed by atoms with Crippen LogP contribution in [0, 0.1) is 17.2 Å². The Hall–Kier alpha value is -1.90. The Labute approximate surface area is 115 Å². The number of halogens is 3. The van der Waals surface area contributed by atoms with Gasteiger partial charge < -0.3 is 10.1 Å². The normalized spacial score (nSPS) is 22.9. The van der Waals surface area contributed by atoms with Gasteiger partial charge in [-0.3, -0.25) is 0 Å². The van der Waals surface area contributed by atoms with E-state index in [1.54, 1.807) is 6.07 Å². The Balaban J connectivity index is 2.06. The van der Waals surface area contributed by atoms with Gasteiger partial charge in [0.15, 0.2) is 0 Å². The molecular formula is C14H15F3N2O. The molecule has 1 saturated carbocycles. The van der Waals surface area contributed by atoms with Crippen molar-refractivity contribution in [3.8, 4) is 11.8 Å². The van der Waals surface area contributed by atoms with Gasteiger partial charge in [-0.25, -0.2) is 0 Å². The lowest BCUT2D eigenvalue weighted by Gasteiger charge is -2.28. The van der Waals surface area contributed by atoms with Crippen LogP contribution in [0.4, 0.5) is 18.9 Å². The predicted octanol–water partition coefficient (Wildman–Crippen LogP) is 4.08. The van der Waals surface area contributed by atoms with E-state index in [1.807, 2.05) is 0 Å². The monoisotopic (exact) mass is 284 g/mol. The highest BCUT2D eigenvalue weighted by atomic mass is 19.4. The molecule has 0 bridgehead atoms. The summed E-state index contributed by atoms with van der Waals surface area (Å²) in [5, 5.41) is 12.2. The minimum Gasteiger partial charge on any atom is -0.406 e. The van der Waals surface area contributed by atoms with Gasteiger partial charge in [-0.1, -0.05) is 18.9 Å². The van der Waals surface area contributed by atoms with Gasteiger partial charge in [-0.05, 0) is 25.0 Å². The lowest BCUT2D eigenvalue weighted by Crippen LogP contribution is -2.31. The van der Waals surface area contributed by atoms with Gasteiger partial charge in [0.25, 0.3) is 0 Å². The van der Waals surface area contributed by atoms with Crippen molar-refractivity contribution in [1.29, 1.82) is 5.26 Å². The summed E-state index contributed by atoms with van der Waals surface area (Å²) in [4.78, 5) is 0. The third-order valence-corrected chi connectivity index (χ3v) is 3.35. The minimum absolute atomic E-state index is 0.0186. The molecule has 2 unspecified atom stereocenters. The van der Waals surface area contributed by atoms with Crippen LogP contribution in [-0.4, -0.2) is 12.4 Å². The lowest BCUT2D eigenvalue weighted by molar-refractivity contribution is -0.274. The highest BCUT2D eigenvalue weighted by Gasteiger charge is 2.31. The van der Waals surface area contributed by atoms with Gasteiger partial charge in [0.1, 0.15) is 5.75 Å². The second-order valence-electron chi connectivity index (χ2n) is 4.85. The number of benzene rings is 1. The molecular weight excluding hydrogens is 269 g/mol. The maximum absolute atomic E-state index is 12.2. The van der Waals surface area contributed by atoms with Crippen LogP contribution in [0.3, 0.4) is 0 Å². The zero-order valence-electron chi connectivity index (χ0n) is 10.8. The number of hydrogen-bond donors (Lipinski definition) is 1. The average Bonchev–Trinajstić information content (AvgIpc) is 2.38. The number of nitrogens with zero attached hydrogens (tertiary/aromatic N) is 1. The van der Waals surface area contributed by atoms with Crippen LogP contribution < -0.4 is 10.1 Å². The molecule has 0 heterocycles. The largest absolute Gasteiger partial charge is 0.573 e. The molecule has 1 aromatic carbocycles. The van der Waals surface area contributed by atoms with Crippen molar-refractivity contribution >= 4 is 5.69 Å². The second kappa shape index (κ2) is 6.04. The lowest BCUT2D eigenvalue weighted by atomic mass is 9.85. The molecule has 1 N–H and O–H groups in total. The Morgan fingerprint density at radius 2 is 2.00 bits per heavy atom. The number of rotatable bonds is 3. The van der Waals surface area contributed by atoms with E-state index in [-0.39, 0.29) is 17.7 Å². The van der Waals surface area contributed by atoms with Crippen molar-refractivity contribution in [2.45, 2.75) is 38.1 Å². The van der Waals surface area contributed by atoms with Crippen molar-refractivity contribution in [2.24, 2.45) is 5.92 Å². The summed E-state index contributed by atoms with van der Waals surface area (Å²) in [5.41, 5.74) is 0.541. The number of nitrogens with one attached hydrogen (secondary N) is 1. The van der Waals surface area contributed by atoms with Crippen LogP contribution >= 0.6 is 0 Å². The van der Waals surface area contributed by atoms with Crippen LogP contribution in [0.1, 0.15) is 25.7 Å².